The Kier molecular flexibility index (Phi) is 4.77. The van der Waals surface area contributed by atoms with Crippen molar-refractivity contribution in [2.45, 2.75) is 37.0 Å². The molecule has 2 heteroatoms. The van der Waals surface area contributed by atoms with Crippen LogP contribution < -0.4 is 5.32 Å². The van der Waals surface area contributed by atoms with Crippen LogP contribution >= 0.6 is 11.8 Å². The molecular weight excluding hydrogens is 166 g/mol. The van der Waals surface area contributed by atoms with E-state index in [2.05, 4.69) is 18.2 Å². The summed E-state index contributed by atoms with van der Waals surface area (Å²) in [7, 11) is 0. The average Bonchev–Trinajstić information content (AvgIpc) is 2.15. The Morgan fingerprint density at radius 1 is 1.42 bits per heavy atom. The van der Waals surface area contributed by atoms with Gasteiger partial charge in [-0.05, 0) is 31.9 Å². The second-order valence-electron chi connectivity index (χ2n) is 3.41. The molecule has 12 heavy (non-hydrogen) atoms. The molecule has 1 nitrogen and oxygen atoms in total. The highest BCUT2D eigenvalue weighted by molar-refractivity contribution is 7.99. The second kappa shape index (κ2) is 5.65. The van der Waals surface area contributed by atoms with Crippen molar-refractivity contribution in [3.05, 3.63) is 12.7 Å². The van der Waals surface area contributed by atoms with E-state index in [4.69, 9.17) is 0 Å². The van der Waals surface area contributed by atoms with Crippen LogP contribution in [0.15, 0.2) is 12.7 Å². The van der Waals surface area contributed by atoms with E-state index in [9.17, 15) is 0 Å². The second-order valence-corrected chi connectivity index (χ2v) is 4.54. The first-order valence-corrected chi connectivity index (χ1v) is 6.02. The SMILES string of the molecule is C=CCNC1CCC(SC)CC1. The lowest BCUT2D eigenvalue weighted by Crippen LogP contribution is -2.33. The molecule has 1 aliphatic rings. The minimum Gasteiger partial charge on any atom is -0.311 e. The molecule has 0 aliphatic heterocycles. The van der Waals surface area contributed by atoms with Gasteiger partial charge in [0.1, 0.15) is 0 Å². The van der Waals surface area contributed by atoms with Gasteiger partial charge in [-0.2, -0.15) is 11.8 Å². The molecule has 1 N–H and O–H groups in total. The Balaban J connectivity index is 2.12. The number of hydrogen-bond acceptors (Lipinski definition) is 2. The van der Waals surface area contributed by atoms with Crippen molar-refractivity contribution in [3.8, 4) is 0 Å². The Morgan fingerprint density at radius 2 is 2.08 bits per heavy atom. The third-order valence-electron chi connectivity index (χ3n) is 2.56. The zero-order chi connectivity index (χ0) is 8.81. The Bertz CT molecular complexity index is 128. The van der Waals surface area contributed by atoms with Gasteiger partial charge in [0, 0.05) is 17.8 Å². The highest BCUT2D eigenvalue weighted by Crippen LogP contribution is 2.26. The van der Waals surface area contributed by atoms with Gasteiger partial charge in [-0.1, -0.05) is 6.08 Å². The molecule has 1 aliphatic carbocycles. The normalized spacial score (nSPS) is 30.1. The van der Waals surface area contributed by atoms with Crippen LogP contribution in [-0.4, -0.2) is 24.1 Å². The van der Waals surface area contributed by atoms with Crippen LogP contribution in [0.3, 0.4) is 0 Å². The average molecular weight is 185 g/mol. The molecular formula is C10H19NS. The molecule has 0 amide bonds. The van der Waals surface area contributed by atoms with Gasteiger partial charge in [0.05, 0.1) is 0 Å². The summed E-state index contributed by atoms with van der Waals surface area (Å²) in [4.78, 5) is 0. The van der Waals surface area contributed by atoms with E-state index < -0.39 is 0 Å². The summed E-state index contributed by atoms with van der Waals surface area (Å²) >= 11 is 2.02. The molecule has 1 rings (SSSR count). The summed E-state index contributed by atoms with van der Waals surface area (Å²) in [5.41, 5.74) is 0. The third-order valence-corrected chi connectivity index (χ3v) is 3.70. The molecule has 0 aromatic carbocycles. The van der Waals surface area contributed by atoms with Crippen LogP contribution in [0.2, 0.25) is 0 Å². The van der Waals surface area contributed by atoms with Crippen LogP contribution in [0.4, 0.5) is 0 Å². The van der Waals surface area contributed by atoms with E-state index in [1.807, 2.05) is 17.8 Å². The standard InChI is InChI=1S/C10H19NS/c1-3-8-11-9-4-6-10(12-2)7-5-9/h3,9-11H,1,4-8H2,2H3. The Morgan fingerprint density at radius 3 is 2.58 bits per heavy atom. The minimum absolute atomic E-state index is 0.756. The van der Waals surface area contributed by atoms with Gasteiger partial charge < -0.3 is 5.32 Å². The van der Waals surface area contributed by atoms with Gasteiger partial charge in [-0.25, -0.2) is 0 Å². The lowest BCUT2D eigenvalue weighted by Gasteiger charge is -2.27. The van der Waals surface area contributed by atoms with E-state index in [0.29, 0.717) is 0 Å². The van der Waals surface area contributed by atoms with Crippen molar-refractivity contribution in [2.75, 3.05) is 12.8 Å². The van der Waals surface area contributed by atoms with Crippen molar-refractivity contribution in [1.82, 2.24) is 5.32 Å². The predicted octanol–water partition coefficient (Wildman–Crippen LogP) is 2.44. The topological polar surface area (TPSA) is 12.0 Å². The molecule has 0 aromatic rings. The summed E-state index contributed by atoms with van der Waals surface area (Å²) in [5, 5.41) is 4.41. The molecule has 0 unspecified atom stereocenters. The van der Waals surface area contributed by atoms with Gasteiger partial charge in [0.2, 0.25) is 0 Å². The maximum Gasteiger partial charge on any atom is 0.0134 e. The number of nitrogens with one attached hydrogen (secondary N) is 1. The summed E-state index contributed by atoms with van der Waals surface area (Å²) in [6.45, 7) is 4.68. The number of rotatable bonds is 4. The fraction of sp³-hybridized carbons (Fsp3) is 0.800. The highest BCUT2D eigenvalue weighted by atomic mass is 32.2. The van der Waals surface area contributed by atoms with Gasteiger partial charge in [0.15, 0.2) is 0 Å². The monoisotopic (exact) mass is 185 g/mol. The highest BCUT2D eigenvalue weighted by Gasteiger charge is 2.18. The van der Waals surface area contributed by atoms with Crippen LogP contribution in [0.25, 0.3) is 0 Å². The zero-order valence-electron chi connectivity index (χ0n) is 7.88. The smallest absolute Gasteiger partial charge is 0.0134 e. The van der Waals surface area contributed by atoms with Gasteiger partial charge in [-0.15, -0.1) is 6.58 Å². The Hall–Kier alpha value is 0.0500. The molecule has 0 atom stereocenters. The zero-order valence-corrected chi connectivity index (χ0v) is 8.70. The molecule has 0 saturated heterocycles. The molecule has 0 spiro atoms. The molecule has 0 heterocycles. The molecule has 0 bridgehead atoms. The van der Waals surface area contributed by atoms with Crippen LogP contribution in [0, 0.1) is 0 Å². The lowest BCUT2D eigenvalue weighted by atomic mass is 9.95. The predicted molar refractivity (Wildman–Crippen MR) is 57.8 cm³/mol. The minimum atomic E-state index is 0.756. The van der Waals surface area contributed by atoms with Gasteiger partial charge in [-0.3, -0.25) is 0 Å². The third kappa shape index (κ3) is 3.20. The summed E-state index contributed by atoms with van der Waals surface area (Å²) in [6.07, 6.45) is 9.63. The molecule has 1 saturated carbocycles. The lowest BCUT2D eigenvalue weighted by molar-refractivity contribution is 0.392. The van der Waals surface area contributed by atoms with E-state index in [1.54, 1.807) is 0 Å². The van der Waals surface area contributed by atoms with Crippen LogP contribution in [0.1, 0.15) is 25.7 Å². The van der Waals surface area contributed by atoms with E-state index in [-0.39, 0.29) is 0 Å². The first-order valence-electron chi connectivity index (χ1n) is 4.74. The molecule has 70 valence electrons. The van der Waals surface area contributed by atoms with Crippen molar-refractivity contribution in [2.24, 2.45) is 0 Å². The fourth-order valence-electron chi connectivity index (χ4n) is 1.75. The summed E-state index contributed by atoms with van der Waals surface area (Å²) < 4.78 is 0. The van der Waals surface area contributed by atoms with Crippen molar-refractivity contribution >= 4 is 11.8 Å². The molecule has 0 radical (unpaired) electrons. The molecule has 0 aromatic heterocycles. The van der Waals surface area contributed by atoms with Crippen molar-refractivity contribution < 1.29 is 0 Å². The summed E-state index contributed by atoms with van der Waals surface area (Å²) in [5.74, 6) is 0. The fourth-order valence-corrected chi connectivity index (χ4v) is 2.50. The number of hydrogen-bond donors (Lipinski definition) is 1. The van der Waals surface area contributed by atoms with Crippen molar-refractivity contribution in [1.29, 1.82) is 0 Å². The quantitative estimate of drug-likeness (QED) is 0.675. The van der Waals surface area contributed by atoms with Crippen LogP contribution in [-0.2, 0) is 0 Å². The van der Waals surface area contributed by atoms with E-state index >= 15 is 0 Å². The maximum absolute atomic E-state index is 3.71. The molecule has 1 fully saturated rings. The van der Waals surface area contributed by atoms with E-state index in [1.165, 1.54) is 25.7 Å². The van der Waals surface area contributed by atoms with E-state index in [0.717, 1.165) is 17.8 Å². The number of thioether (sulfide) groups is 1. The maximum atomic E-state index is 3.71. The van der Waals surface area contributed by atoms with Gasteiger partial charge in [0.25, 0.3) is 0 Å². The van der Waals surface area contributed by atoms with Crippen LogP contribution in [0.5, 0.6) is 0 Å². The van der Waals surface area contributed by atoms with Crippen molar-refractivity contribution in [3.63, 3.8) is 0 Å². The first kappa shape index (κ1) is 10.1. The van der Waals surface area contributed by atoms with Gasteiger partial charge >= 0.3 is 0 Å². The largest absolute Gasteiger partial charge is 0.311 e. The Labute approximate surface area is 80.0 Å². The summed E-state index contributed by atoms with van der Waals surface area (Å²) in [6, 6.07) is 0.756. The first-order chi connectivity index (χ1) is 5.86.